The molecule has 0 unspecified atom stereocenters. The van der Waals surface area contributed by atoms with E-state index in [4.69, 9.17) is 14.2 Å². The lowest BCUT2D eigenvalue weighted by atomic mass is 10.0. The number of carbonyl (C=O) groups is 1. The summed E-state index contributed by atoms with van der Waals surface area (Å²) in [6.07, 6.45) is 43.6. The minimum absolute atomic E-state index is 0. The Balaban J connectivity index is 0. The predicted molar refractivity (Wildman–Crippen MR) is 214 cm³/mol. The maximum Gasteiger partial charge on any atom is 0.362 e. The molecule has 50 heavy (non-hydrogen) atoms. The average Bonchev–Trinajstić information content (AvgIpc) is 3.06. The summed E-state index contributed by atoms with van der Waals surface area (Å²) in [5, 5.41) is 0. The molecule has 0 heterocycles. The van der Waals surface area contributed by atoms with Crippen LogP contribution in [0.2, 0.25) is 0 Å². The second-order valence-corrected chi connectivity index (χ2v) is 16.3. The number of rotatable bonds is 41. The molecule has 0 aliphatic carbocycles. The van der Waals surface area contributed by atoms with Gasteiger partial charge in [0.2, 0.25) is 0 Å². The maximum absolute atomic E-state index is 12.5. The van der Waals surface area contributed by atoms with Crippen molar-refractivity contribution in [3.8, 4) is 0 Å². The van der Waals surface area contributed by atoms with Gasteiger partial charge in [-0.1, -0.05) is 206 Å². The van der Waals surface area contributed by atoms with E-state index < -0.39 is 0 Å². The fourth-order valence-electron chi connectivity index (χ4n) is 6.66. The summed E-state index contributed by atoms with van der Waals surface area (Å²) in [7, 11) is 6.04. The third-order valence-corrected chi connectivity index (χ3v) is 9.79. The first-order chi connectivity index (χ1) is 23.9. The first-order valence-electron chi connectivity index (χ1n) is 22.0. The van der Waals surface area contributed by atoms with Crippen LogP contribution in [-0.2, 0) is 19.0 Å². The van der Waals surface area contributed by atoms with Crippen molar-refractivity contribution >= 4 is 5.97 Å². The van der Waals surface area contributed by atoms with Gasteiger partial charge in [0.1, 0.15) is 6.10 Å². The van der Waals surface area contributed by atoms with Crippen molar-refractivity contribution in [2.75, 3.05) is 54.1 Å². The van der Waals surface area contributed by atoms with Crippen LogP contribution in [-0.4, -0.2) is 70.7 Å². The van der Waals surface area contributed by atoms with Crippen LogP contribution in [0.5, 0.6) is 0 Å². The molecule has 0 radical (unpaired) electrons. The maximum atomic E-state index is 12.5. The minimum atomic E-state index is -0.318. The topological polar surface area (TPSA) is 44.8 Å². The van der Waals surface area contributed by atoms with E-state index in [0.29, 0.717) is 24.2 Å². The number of carbonyl (C=O) groups excluding carboxylic acids is 1. The van der Waals surface area contributed by atoms with Gasteiger partial charge in [-0.25, -0.2) is 4.79 Å². The largest absolute Gasteiger partial charge is 1.00 e. The van der Waals surface area contributed by atoms with Crippen LogP contribution in [0.1, 0.15) is 219 Å². The minimum Gasteiger partial charge on any atom is -1.00 e. The molecule has 302 valence electrons. The van der Waals surface area contributed by atoms with E-state index in [1.807, 2.05) is 21.1 Å². The first-order valence-corrected chi connectivity index (χ1v) is 22.0. The molecule has 5 nitrogen and oxygen atoms in total. The van der Waals surface area contributed by atoms with Crippen molar-refractivity contribution in [2.24, 2.45) is 0 Å². The fourth-order valence-corrected chi connectivity index (χ4v) is 6.66. The summed E-state index contributed by atoms with van der Waals surface area (Å²) in [4.78, 5) is 12.5. The Bertz CT molecular complexity index is 616. The van der Waals surface area contributed by atoms with Crippen LogP contribution >= 0.6 is 0 Å². The first kappa shape index (κ1) is 51.7. The molecule has 0 aliphatic rings. The number of esters is 1. The van der Waals surface area contributed by atoms with Gasteiger partial charge < -0.3 is 31.1 Å². The Morgan fingerprint density at radius 1 is 0.420 bits per heavy atom. The van der Waals surface area contributed by atoms with E-state index in [0.717, 1.165) is 26.1 Å². The van der Waals surface area contributed by atoms with Crippen LogP contribution in [0.4, 0.5) is 0 Å². The lowest BCUT2D eigenvalue weighted by Crippen LogP contribution is -3.00. The highest BCUT2D eigenvalue weighted by Crippen LogP contribution is 2.15. The normalized spacial score (nSPS) is 11.7. The molecule has 0 spiro atoms. The average molecular weight is 733 g/mol. The predicted octanol–water partition coefficient (Wildman–Crippen LogP) is 10.2. The lowest BCUT2D eigenvalue weighted by Gasteiger charge is -2.24. The van der Waals surface area contributed by atoms with Crippen LogP contribution in [0, 0.1) is 0 Å². The van der Waals surface area contributed by atoms with Crippen LogP contribution < -0.4 is 12.4 Å². The molecule has 0 amide bonds. The van der Waals surface area contributed by atoms with Crippen molar-refractivity contribution in [2.45, 2.75) is 225 Å². The second kappa shape index (κ2) is 41.4. The molecule has 0 atom stereocenters. The van der Waals surface area contributed by atoms with Gasteiger partial charge in [0, 0.05) is 13.2 Å². The van der Waals surface area contributed by atoms with E-state index >= 15 is 0 Å². The van der Waals surface area contributed by atoms with Gasteiger partial charge in [-0.2, -0.15) is 0 Å². The Kier molecular flexibility index (Phi) is 42.8. The van der Waals surface area contributed by atoms with Gasteiger partial charge in [-0.05, 0) is 12.8 Å². The lowest BCUT2D eigenvalue weighted by molar-refractivity contribution is -0.862. The van der Waals surface area contributed by atoms with E-state index in [1.165, 1.54) is 193 Å². The molecule has 0 fully saturated rings. The second-order valence-electron chi connectivity index (χ2n) is 16.3. The molecule has 0 saturated heterocycles. The smallest absolute Gasteiger partial charge is 0.362 e. The monoisotopic (exact) mass is 732 g/mol. The van der Waals surface area contributed by atoms with E-state index in [9.17, 15) is 4.79 Å². The standard InChI is InChI=1S/C44H90NO4.ClH/c1-6-8-10-12-14-16-18-20-22-24-26-28-30-32-34-36-38-47-41-43(49-44(46)40-45(3,4)5)42-48-39-37-35-33-31-29-27-25-23-21-19-17-15-13-11-9-7-2;/h43H,6-42H2,1-5H3;1H/q+1;/p-1. The Labute approximate surface area is 320 Å². The number of ether oxygens (including phenoxy) is 3. The van der Waals surface area contributed by atoms with Crippen LogP contribution in [0.3, 0.4) is 0 Å². The SMILES string of the molecule is CCCCCCCCCCCCCCCCCCOCC(COCCCCCCCCCCCCCCCCCC)OC(=O)C[N+](C)(C)C.[Cl-]. The molecule has 0 bridgehead atoms. The molecular formula is C44H90ClNO4. The summed E-state index contributed by atoms with van der Waals surface area (Å²) in [5.41, 5.74) is 0. The summed E-state index contributed by atoms with van der Waals surface area (Å²) < 4.78 is 18.3. The third kappa shape index (κ3) is 43.8. The van der Waals surface area contributed by atoms with Crippen LogP contribution in [0.25, 0.3) is 0 Å². The summed E-state index contributed by atoms with van der Waals surface area (Å²) >= 11 is 0. The highest BCUT2D eigenvalue weighted by molar-refractivity contribution is 5.70. The summed E-state index contributed by atoms with van der Waals surface area (Å²) in [6, 6.07) is 0. The highest BCUT2D eigenvalue weighted by Gasteiger charge is 2.21. The van der Waals surface area contributed by atoms with Gasteiger partial charge >= 0.3 is 5.97 Å². The third-order valence-electron chi connectivity index (χ3n) is 9.79. The zero-order valence-corrected chi connectivity index (χ0v) is 35.5. The van der Waals surface area contributed by atoms with Gasteiger partial charge in [0.05, 0.1) is 34.4 Å². The molecule has 0 aromatic heterocycles. The van der Waals surface area contributed by atoms with Crippen molar-refractivity contribution in [3.63, 3.8) is 0 Å². The van der Waals surface area contributed by atoms with E-state index in [-0.39, 0.29) is 24.5 Å². The van der Waals surface area contributed by atoms with Crippen molar-refractivity contribution in [1.82, 2.24) is 0 Å². The molecule has 0 aliphatic heterocycles. The van der Waals surface area contributed by atoms with Crippen molar-refractivity contribution in [1.29, 1.82) is 0 Å². The van der Waals surface area contributed by atoms with Crippen LogP contribution in [0.15, 0.2) is 0 Å². The number of hydrogen-bond acceptors (Lipinski definition) is 4. The number of halogens is 1. The quantitative estimate of drug-likeness (QED) is 0.0357. The van der Waals surface area contributed by atoms with E-state index in [2.05, 4.69) is 13.8 Å². The number of likely N-dealkylation sites (N-methyl/N-ethyl adjacent to an activating group) is 1. The number of quaternary nitrogens is 1. The molecule has 6 heteroatoms. The zero-order chi connectivity index (χ0) is 35.9. The fraction of sp³-hybridized carbons (Fsp3) is 0.977. The molecule has 0 saturated carbocycles. The van der Waals surface area contributed by atoms with Gasteiger partial charge in [-0.3, -0.25) is 0 Å². The van der Waals surface area contributed by atoms with Crippen molar-refractivity contribution < 1.29 is 35.9 Å². The summed E-state index contributed by atoms with van der Waals surface area (Å²) in [6.45, 7) is 7.28. The number of nitrogens with zero attached hydrogens (tertiary/aromatic N) is 1. The molecule has 0 aromatic rings. The van der Waals surface area contributed by atoms with Crippen molar-refractivity contribution in [3.05, 3.63) is 0 Å². The Morgan fingerprint density at radius 2 is 0.660 bits per heavy atom. The molecule has 0 aromatic carbocycles. The van der Waals surface area contributed by atoms with E-state index in [1.54, 1.807) is 0 Å². The molecule has 0 N–H and O–H groups in total. The zero-order valence-electron chi connectivity index (χ0n) is 34.7. The Morgan fingerprint density at radius 3 is 0.900 bits per heavy atom. The number of unbranched alkanes of at least 4 members (excludes halogenated alkanes) is 30. The number of hydrogen-bond donors (Lipinski definition) is 0. The van der Waals surface area contributed by atoms with Gasteiger partial charge in [0.15, 0.2) is 6.54 Å². The van der Waals surface area contributed by atoms with Gasteiger partial charge in [0.25, 0.3) is 0 Å². The molecular weight excluding hydrogens is 642 g/mol. The van der Waals surface area contributed by atoms with Gasteiger partial charge in [-0.15, -0.1) is 0 Å². The molecule has 0 rings (SSSR count). The Hall–Kier alpha value is -0.360. The highest BCUT2D eigenvalue weighted by atomic mass is 35.5. The summed E-state index contributed by atoms with van der Waals surface area (Å²) in [5.74, 6) is -0.172.